The van der Waals surface area contributed by atoms with Crippen LogP contribution in [0.4, 0.5) is 5.13 Å². The first-order valence-electron chi connectivity index (χ1n) is 6.00. The van der Waals surface area contributed by atoms with Crippen LogP contribution < -0.4 is 11.3 Å². The lowest BCUT2D eigenvalue weighted by Crippen LogP contribution is -2.21. The number of hydrogen-bond acceptors (Lipinski definition) is 5. The van der Waals surface area contributed by atoms with E-state index in [0.717, 1.165) is 11.3 Å². The predicted octanol–water partition coefficient (Wildman–Crippen LogP) is 2.15. The fourth-order valence-corrected chi connectivity index (χ4v) is 2.52. The highest BCUT2D eigenvalue weighted by Gasteiger charge is 2.12. The van der Waals surface area contributed by atoms with Gasteiger partial charge >= 0.3 is 0 Å². The van der Waals surface area contributed by atoms with Crippen molar-refractivity contribution in [3.63, 3.8) is 0 Å². The molecular weight excluding hydrogens is 272 g/mol. The minimum Gasteiger partial charge on any atom is -0.375 e. The second-order valence-corrected chi connectivity index (χ2v) is 5.20. The molecule has 0 unspecified atom stereocenters. The van der Waals surface area contributed by atoms with Gasteiger partial charge in [0.2, 0.25) is 0 Å². The summed E-state index contributed by atoms with van der Waals surface area (Å²) in [5, 5.41) is 6.51. The van der Waals surface area contributed by atoms with Gasteiger partial charge < -0.3 is 5.73 Å². The van der Waals surface area contributed by atoms with Crippen LogP contribution in [0.25, 0.3) is 22.5 Å². The molecule has 0 saturated heterocycles. The van der Waals surface area contributed by atoms with Crippen molar-refractivity contribution in [1.82, 2.24) is 14.8 Å². The van der Waals surface area contributed by atoms with Gasteiger partial charge in [-0.2, -0.15) is 5.10 Å². The van der Waals surface area contributed by atoms with Crippen molar-refractivity contribution in [2.75, 3.05) is 5.73 Å². The van der Waals surface area contributed by atoms with E-state index in [2.05, 4.69) is 10.1 Å². The van der Waals surface area contributed by atoms with Crippen LogP contribution in [-0.4, -0.2) is 14.8 Å². The molecule has 0 aliphatic heterocycles. The molecule has 100 valence electrons. The van der Waals surface area contributed by atoms with Gasteiger partial charge in [0.15, 0.2) is 5.13 Å². The molecule has 0 aliphatic rings. The Hall–Kier alpha value is -2.47. The molecule has 0 spiro atoms. The quantitative estimate of drug-likeness (QED) is 0.782. The Balaban J connectivity index is 2.21. The number of rotatable bonds is 2. The van der Waals surface area contributed by atoms with E-state index < -0.39 is 0 Å². The second-order valence-electron chi connectivity index (χ2n) is 4.31. The van der Waals surface area contributed by atoms with Gasteiger partial charge in [0.1, 0.15) is 0 Å². The summed E-state index contributed by atoms with van der Waals surface area (Å²) >= 11 is 1.31. The van der Waals surface area contributed by atoms with Gasteiger partial charge in [0.25, 0.3) is 5.56 Å². The molecule has 2 aromatic heterocycles. The van der Waals surface area contributed by atoms with E-state index in [1.165, 1.54) is 16.0 Å². The third-order valence-corrected chi connectivity index (χ3v) is 3.60. The average Bonchev–Trinajstić information content (AvgIpc) is 2.89. The number of nitrogens with two attached hydrogens (primary N) is 1. The number of benzene rings is 1. The van der Waals surface area contributed by atoms with Crippen molar-refractivity contribution < 1.29 is 0 Å². The van der Waals surface area contributed by atoms with E-state index in [-0.39, 0.29) is 5.56 Å². The van der Waals surface area contributed by atoms with Crippen LogP contribution in [0.2, 0.25) is 0 Å². The summed E-state index contributed by atoms with van der Waals surface area (Å²) in [5.41, 5.74) is 8.23. The van der Waals surface area contributed by atoms with Crippen molar-refractivity contribution in [3.05, 3.63) is 52.1 Å². The normalized spacial score (nSPS) is 10.7. The van der Waals surface area contributed by atoms with E-state index in [1.54, 1.807) is 18.5 Å². The molecule has 0 radical (unpaired) electrons. The summed E-state index contributed by atoms with van der Waals surface area (Å²) in [6.45, 7) is 0. The van der Waals surface area contributed by atoms with Gasteiger partial charge in [-0.05, 0) is 6.07 Å². The summed E-state index contributed by atoms with van der Waals surface area (Å²) in [6.07, 6.45) is 0. The smallest absolute Gasteiger partial charge is 0.276 e. The highest BCUT2D eigenvalue weighted by atomic mass is 32.1. The summed E-state index contributed by atoms with van der Waals surface area (Å²) in [4.78, 5) is 16.4. The van der Waals surface area contributed by atoms with Gasteiger partial charge in [-0.15, -0.1) is 11.3 Å². The maximum Gasteiger partial charge on any atom is 0.276 e. The van der Waals surface area contributed by atoms with Crippen molar-refractivity contribution in [1.29, 1.82) is 0 Å². The Kier molecular flexibility index (Phi) is 3.08. The fraction of sp³-hybridized carbons (Fsp3) is 0.0714. The number of aryl methyl sites for hydroxylation is 1. The van der Waals surface area contributed by atoms with Gasteiger partial charge in [-0.1, -0.05) is 30.3 Å². The number of nitrogens with zero attached hydrogens (tertiary/aromatic N) is 3. The molecule has 0 saturated carbocycles. The van der Waals surface area contributed by atoms with E-state index >= 15 is 0 Å². The van der Waals surface area contributed by atoms with Gasteiger partial charge in [-0.25, -0.2) is 9.67 Å². The number of anilines is 1. The van der Waals surface area contributed by atoms with Crippen LogP contribution in [0.1, 0.15) is 0 Å². The van der Waals surface area contributed by atoms with Crippen molar-refractivity contribution in [2.45, 2.75) is 0 Å². The largest absolute Gasteiger partial charge is 0.375 e. The summed E-state index contributed by atoms with van der Waals surface area (Å²) < 4.78 is 1.33. The predicted molar refractivity (Wildman–Crippen MR) is 80.4 cm³/mol. The van der Waals surface area contributed by atoms with Crippen LogP contribution in [0.5, 0.6) is 0 Å². The van der Waals surface area contributed by atoms with E-state index in [0.29, 0.717) is 16.4 Å². The Morgan fingerprint density at radius 3 is 2.60 bits per heavy atom. The van der Waals surface area contributed by atoms with E-state index in [1.807, 2.05) is 30.3 Å². The van der Waals surface area contributed by atoms with E-state index in [9.17, 15) is 4.79 Å². The Labute approximate surface area is 119 Å². The van der Waals surface area contributed by atoms with Gasteiger partial charge in [0, 0.05) is 18.0 Å². The zero-order chi connectivity index (χ0) is 14.1. The molecule has 3 aromatic rings. The third-order valence-electron chi connectivity index (χ3n) is 2.93. The molecule has 0 fully saturated rings. The fourth-order valence-electron chi connectivity index (χ4n) is 1.95. The maximum absolute atomic E-state index is 12.2. The molecule has 3 rings (SSSR count). The molecular formula is C14H12N4OS. The lowest BCUT2D eigenvalue weighted by atomic mass is 10.1. The highest BCUT2D eigenvalue weighted by molar-refractivity contribution is 7.13. The van der Waals surface area contributed by atoms with Gasteiger partial charge in [0.05, 0.1) is 17.0 Å². The van der Waals surface area contributed by atoms with Crippen LogP contribution in [0, 0.1) is 0 Å². The molecule has 6 heteroatoms. The molecule has 0 bridgehead atoms. The molecule has 2 N–H and O–H groups in total. The molecule has 0 atom stereocenters. The summed E-state index contributed by atoms with van der Waals surface area (Å²) in [6, 6.07) is 11.5. The number of hydrogen-bond donors (Lipinski definition) is 1. The van der Waals surface area contributed by atoms with Gasteiger partial charge in [-0.3, -0.25) is 4.79 Å². The topological polar surface area (TPSA) is 73.8 Å². The highest BCUT2D eigenvalue weighted by Crippen LogP contribution is 2.23. The van der Waals surface area contributed by atoms with Crippen LogP contribution in [-0.2, 0) is 7.05 Å². The Bertz CT molecular complexity index is 808. The molecule has 1 aromatic carbocycles. The first kappa shape index (κ1) is 12.6. The van der Waals surface area contributed by atoms with E-state index in [4.69, 9.17) is 5.73 Å². The monoisotopic (exact) mass is 284 g/mol. The molecule has 0 amide bonds. The SMILES string of the molecule is Cn1nc(-c2ccccc2)cc(-c2csc(N)n2)c1=O. The molecule has 5 nitrogen and oxygen atoms in total. The van der Waals surface area contributed by atoms with Crippen molar-refractivity contribution in [2.24, 2.45) is 7.05 Å². The third kappa shape index (κ3) is 2.21. The lowest BCUT2D eigenvalue weighted by molar-refractivity contribution is 0.714. The Morgan fingerprint density at radius 2 is 1.95 bits per heavy atom. The molecule has 20 heavy (non-hydrogen) atoms. The number of nitrogen functional groups attached to an aromatic ring is 1. The van der Waals surface area contributed by atoms with Crippen LogP contribution >= 0.6 is 11.3 Å². The standard InChI is InChI=1S/C14H12N4OS/c1-18-13(19)10(12-8-20-14(15)16-12)7-11(17-18)9-5-3-2-4-6-9/h2-8H,1H3,(H2,15,16). The lowest BCUT2D eigenvalue weighted by Gasteiger charge is -2.06. The first-order valence-corrected chi connectivity index (χ1v) is 6.88. The zero-order valence-electron chi connectivity index (χ0n) is 10.8. The van der Waals surface area contributed by atoms with Crippen molar-refractivity contribution >= 4 is 16.5 Å². The zero-order valence-corrected chi connectivity index (χ0v) is 11.6. The first-order chi connectivity index (χ1) is 9.65. The number of thiazole rings is 1. The summed E-state index contributed by atoms with van der Waals surface area (Å²) in [7, 11) is 1.63. The molecule has 0 aliphatic carbocycles. The minimum atomic E-state index is -0.185. The average molecular weight is 284 g/mol. The second kappa shape index (κ2) is 4.90. The maximum atomic E-state index is 12.2. The minimum absolute atomic E-state index is 0.185. The number of aromatic nitrogens is 3. The van der Waals surface area contributed by atoms with Crippen LogP contribution in [0.15, 0.2) is 46.6 Å². The molecule has 2 heterocycles. The Morgan fingerprint density at radius 1 is 1.20 bits per heavy atom. The van der Waals surface area contributed by atoms with Crippen LogP contribution in [0.3, 0.4) is 0 Å². The van der Waals surface area contributed by atoms with Crippen molar-refractivity contribution in [3.8, 4) is 22.5 Å². The summed E-state index contributed by atoms with van der Waals surface area (Å²) in [5.74, 6) is 0.